The van der Waals surface area contributed by atoms with Crippen molar-refractivity contribution in [2.75, 3.05) is 13.4 Å². The van der Waals surface area contributed by atoms with Gasteiger partial charge in [-0.3, -0.25) is 0 Å². The predicted octanol–water partition coefficient (Wildman–Crippen LogP) is 4.43. The van der Waals surface area contributed by atoms with Crippen molar-refractivity contribution in [3.05, 3.63) is 58.1 Å². The lowest BCUT2D eigenvalue weighted by atomic mass is 9.96. The minimum Gasteiger partial charge on any atom is -0.454 e. The third kappa shape index (κ3) is 2.73. The molecule has 4 rings (SSSR count). The van der Waals surface area contributed by atoms with Crippen molar-refractivity contribution in [3.8, 4) is 11.5 Å². The zero-order valence-electron chi connectivity index (χ0n) is 12.2. The smallest absolute Gasteiger partial charge is 0.231 e. The summed E-state index contributed by atoms with van der Waals surface area (Å²) in [5.41, 5.74) is 2.65. The van der Waals surface area contributed by atoms with Crippen LogP contribution in [-0.2, 0) is 16.8 Å². The van der Waals surface area contributed by atoms with Gasteiger partial charge in [-0.1, -0.05) is 34.1 Å². The van der Waals surface area contributed by atoms with Gasteiger partial charge in [-0.2, -0.15) is 0 Å². The highest BCUT2D eigenvalue weighted by molar-refractivity contribution is 9.10. The maximum Gasteiger partial charge on any atom is 0.231 e. The molecule has 0 aromatic heterocycles. The van der Waals surface area contributed by atoms with Crippen LogP contribution in [0.15, 0.2) is 46.9 Å². The number of hydrogen-bond acceptors (Lipinski definition) is 3. The maximum absolute atomic E-state index is 5.98. The quantitative estimate of drug-likeness (QED) is 0.789. The largest absolute Gasteiger partial charge is 0.454 e. The third-order valence-corrected chi connectivity index (χ3v) is 4.87. The van der Waals surface area contributed by atoms with E-state index >= 15 is 0 Å². The molecule has 0 saturated heterocycles. The fourth-order valence-electron chi connectivity index (χ4n) is 2.88. The fourth-order valence-corrected chi connectivity index (χ4v) is 3.33. The summed E-state index contributed by atoms with van der Waals surface area (Å²) in [6.45, 7) is 1.72. The molecule has 0 unspecified atom stereocenters. The predicted molar refractivity (Wildman–Crippen MR) is 87.3 cm³/mol. The summed E-state index contributed by atoms with van der Waals surface area (Å²) in [5.74, 6) is 1.70. The second-order valence-electron chi connectivity index (χ2n) is 5.97. The molecule has 2 aromatic rings. The molecule has 0 radical (unpaired) electrons. The summed E-state index contributed by atoms with van der Waals surface area (Å²) in [5, 5.41) is 0. The zero-order valence-corrected chi connectivity index (χ0v) is 13.8. The van der Waals surface area contributed by atoms with Crippen LogP contribution in [0.2, 0.25) is 0 Å². The lowest BCUT2D eigenvalue weighted by Gasteiger charge is -2.16. The van der Waals surface area contributed by atoms with E-state index in [-0.39, 0.29) is 5.41 Å². The SMILES string of the molecule is Brc1cccc(COCC2(c3ccc4c(c3)OCO4)CC2)c1. The Bertz CT molecular complexity index is 694. The molecule has 0 amide bonds. The van der Waals surface area contributed by atoms with Crippen molar-refractivity contribution in [1.29, 1.82) is 0 Å². The molecule has 0 N–H and O–H groups in total. The van der Waals surface area contributed by atoms with Crippen molar-refractivity contribution >= 4 is 15.9 Å². The summed E-state index contributed by atoms with van der Waals surface area (Å²) in [4.78, 5) is 0. The summed E-state index contributed by atoms with van der Waals surface area (Å²) in [6, 6.07) is 14.5. The Kier molecular flexibility index (Phi) is 3.59. The molecular weight excluding hydrogens is 344 g/mol. The molecule has 0 spiro atoms. The second-order valence-corrected chi connectivity index (χ2v) is 6.89. The van der Waals surface area contributed by atoms with Gasteiger partial charge in [0.15, 0.2) is 11.5 Å². The lowest BCUT2D eigenvalue weighted by Crippen LogP contribution is -2.15. The first kappa shape index (κ1) is 14.1. The van der Waals surface area contributed by atoms with Crippen LogP contribution in [0.1, 0.15) is 24.0 Å². The van der Waals surface area contributed by atoms with Crippen LogP contribution in [0.4, 0.5) is 0 Å². The summed E-state index contributed by atoms with van der Waals surface area (Å²) >= 11 is 3.49. The molecule has 1 saturated carbocycles. The Morgan fingerprint density at radius 2 is 1.91 bits per heavy atom. The lowest BCUT2D eigenvalue weighted by molar-refractivity contribution is 0.100. The molecule has 1 fully saturated rings. The van der Waals surface area contributed by atoms with Crippen LogP contribution in [0, 0.1) is 0 Å². The molecule has 2 aliphatic rings. The average molecular weight is 361 g/mol. The highest BCUT2D eigenvalue weighted by atomic mass is 79.9. The zero-order chi connectivity index (χ0) is 15.0. The van der Waals surface area contributed by atoms with E-state index in [1.807, 2.05) is 18.2 Å². The second kappa shape index (κ2) is 5.60. The molecule has 3 nitrogen and oxygen atoms in total. The van der Waals surface area contributed by atoms with Crippen LogP contribution in [0.3, 0.4) is 0 Å². The van der Waals surface area contributed by atoms with Gasteiger partial charge in [-0.05, 0) is 48.2 Å². The van der Waals surface area contributed by atoms with E-state index in [1.54, 1.807) is 0 Å². The van der Waals surface area contributed by atoms with E-state index in [4.69, 9.17) is 14.2 Å². The molecule has 1 aliphatic carbocycles. The monoisotopic (exact) mass is 360 g/mol. The fraction of sp³-hybridized carbons (Fsp3) is 0.333. The Morgan fingerprint density at radius 1 is 1.05 bits per heavy atom. The van der Waals surface area contributed by atoms with Crippen LogP contribution >= 0.6 is 15.9 Å². The van der Waals surface area contributed by atoms with E-state index in [0.717, 1.165) is 22.6 Å². The first-order valence-corrected chi connectivity index (χ1v) is 8.27. The Balaban J connectivity index is 1.42. The summed E-state index contributed by atoms with van der Waals surface area (Å²) in [6.07, 6.45) is 2.34. The number of halogens is 1. The normalized spacial score (nSPS) is 17.5. The first-order valence-electron chi connectivity index (χ1n) is 7.48. The standard InChI is InChI=1S/C18H17BrO3/c19-15-3-1-2-13(8-15)10-20-11-18(6-7-18)14-4-5-16-17(9-14)22-12-21-16/h1-5,8-9H,6-7,10-12H2. The third-order valence-electron chi connectivity index (χ3n) is 4.37. The van der Waals surface area contributed by atoms with E-state index in [1.165, 1.54) is 24.0 Å². The number of benzene rings is 2. The van der Waals surface area contributed by atoms with Crippen molar-refractivity contribution in [2.45, 2.75) is 24.9 Å². The molecule has 1 heterocycles. The van der Waals surface area contributed by atoms with Gasteiger partial charge >= 0.3 is 0 Å². The Morgan fingerprint density at radius 3 is 2.73 bits per heavy atom. The van der Waals surface area contributed by atoms with Gasteiger partial charge in [-0.15, -0.1) is 0 Å². The molecule has 4 heteroatoms. The van der Waals surface area contributed by atoms with Gasteiger partial charge < -0.3 is 14.2 Å². The van der Waals surface area contributed by atoms with Gasteiger partial charge in [0.05, 0.1) is 13.2 Å². The van der Waals surface area contributed by atoms with Gasteiger partial charge in [0.1, 0.15) is 0 Å². The molecular formula is C18H17BrO3. The van der Waals surface area contributed by atoms with Crippen molar-refractivity contribution in [2.24, 2.45) is 0 Å². The van der Waals surface area contributed by atoms with Gasteiger partial charge in [0, 0.05) is 9.89 Å². The number of fused-ring (bicyclic) bond motifs is 1. The van der Waals surface area contributed by atoms with Gasteiger partial charge in [-0.25, -0.2) is 0 Å². The Labute approximate surface area is 138 Å². The van der Waals surface area contributed by atoms with Crippen molar-refractivity contribution in [1.82, 2.24) is 0 Å². The molecule has 2 aromatic carbocycles. The number of ether oxygens (including phenoxy) is 3. The highest BCUT2D eigenvalue weighted by Gasteiger charge is 2.45. The maximum atomic E-state index is 5.98. The van der Waals surface area contributed by atoms with E-state index < -0.39 is 0 Å². The van der Waals surface area contributed by atoms with Crippen LogP contribution in [0.25, 0.3) is 0 Å². The molecule has 22 heavy (non-hydrogen) atoms. The minimum absolute atomic E-state index is 0.160. The molecule has 0 bridgehead atoms. The van der Waals surface area contributed by atoms with Crippen LogP contribution in [0.5, 0.6) is 11.5 Å². The summed E-state index contributed by atoms with van der Waals surface area (Å²) in [7, 11) is 0. The summed E-state index contributed by atoms with van der Waals surface area (Å²) < 4.78 is 17.9. The average Bonchev–Trinajstić information content (AvgIpc) is 3.16. The molecule has 114 valence electrons. The van der Waals surface area contributed by atoms with Gasteiger partial charge in [0.25, 0.3) is 0 Å². The van der Waals surface area contributed by atoms with Crippen LogP contribution in [-0.4, -0.2) is 13.4 Å². The number of hydrogen-bond donors (Lipinski definition) is 0. The van der Waals surface area contributed by atoms with E-state index in [2.05, 4.69) is 40.2 Å². The molecule has 1 aliphatic heterocycles. The van der Waals surface area contributed by atoms with Crippen molar-refractivity contribution < 1.29 is 14.2 Å². The topological polar surface area (TPSA) is 27.7 Å². The minimum atomic E-state index is 0.160. The first-order chi connectivity index (χ1) is 10.8. The van der Waals surface area contributed by atoms with E-state index in [9.17, 15) is 0 Å². The number of rotatable bonds is 5. The van der Waals surface area contributed by atoms with Gasteiger partial charge in [0.2, 0.25) is 6.79 Å². The van der Waals surface area contributed by atoms with Crippen LogP contribution < -0.4 is 9.47 Å². The van der Waals surface area contributed by atoms with E-state index in [0.29, 0.717) is 13.4 Å². The Hall–Kier alpha value is -1.52. The molecule has 0 atom stereocenters. The highest BCUT2D eigenvalue weighted by Crippen LogP contribution is 2.50. The van der Waals surface area contributed by atoms with Crippen molar-refractivity contribution in [3.63, 3.8) is 0 Å².